The highest BCUT2D eigenvalue weighted by atomic mass is 79.9. The number of rotatable bonds is 3. The summed E-state index contributed by atoms with van der Waals surface area (Å²) in [6.07, 6.45) is 3.47. The number of benzene rings is 1. The molecule has 0 heterocycles. The number of halogens is 2. The maximum absolute atomic E-state index is 10.6. The third-order valence-corrected chi connectivity index (χ3v) is 2.18. The second kappa shape index (κ2) is 5.12. The van der Waals surface area contributed by atoms with E-state index in [0.29, 0.717) is 15.9 Å². The van der Waals surface area contributed by atoms with Crippen LogP contribution in [0, 0.1) is 10.1 Å². The van der Waals surface area contributed by atoms with Crippen LogP contribution in [0.1, 0.15) is 5.56 Å². The van der Waals surface area contributed by atoms with E-state index >= 15 is 0 Å². The molecule has 0 aliphatic rings. The van der Waals surface area contributed by atoms with Crippen LogP contribution in [0.4, 0.5) is 5.69 Å². The van der Waals surface area contributed by atoms with Crippen molar-refractivity contribution in [3.05, 3.63) is 45.0 Å². The minimum Gasteiger partial charge on any atom is -0.258 e. The normalized spacial score (nSPS) is 10.7. The molecule has 14 heavy (non-hydrogen) atoms. The summed E-state index contributed by atoms with van der Waals surface area (Å²) in [7, 11) is 0. The molecule has 0 N–H and O–H groups in total. The number of alkyl halides is 1. The van der Waals surface area contributed by atoms with Crippen LogP contribution >= 0.6 is 27.5 Å². The Bertz CT molecular complexity index is 379. The van der Waals surface area contributed by atoms with Gasteiger partial charge in [-0.05, 0) is 12.1 Å². The number of hydrogen-bond acceptors (Lipinski definition) is 2. The molecule has 0 saturated carbocycles. The fourth-order valence-corrected chi connectivity index (χ4v) is 1.34. The van der Waals surface area contributed by atoms with E-state index in [-0.39, 0.29) is 5.69 Å². The lowest BCUT2D eigenvalue weighted by molar-refractivity contribution is -0.385. The highest BCUT2D eigenvalue weighted by Crippen LogP contribution is 2.24. The molecular formula is C9H7BrClNO2. The van der Waals surface area contributed by atoms with Crippen molar-refractivity contribution in [3.8, 4) is 0 Å². The van der Waals surface area contributed by atoms with Crippen molar-refractivity contribution in [1.29, 1.82) is 0 Å². The van der Waals surface area contributed by atoms with E-state index in [1.807, 2.05) is 0 Å². The van der Waals surface area contributed by atoms with Crippen molar-refractivity contribution in [2.24, 2.45) is 0 Å². The zero-order valence-electron chi connectivity index (χ0n) is 7.11. The number of nitro benzene ring substituents is 1. The molecule has 0 spiro atoms. The lowest BCUT2D eigenvalue weighted by Crippen LogP contribution is -1.91. The third kappa shape index (κ3) is 2.82. The average molecular weight is 277 g/mol. The van der Waals surface area contributed by atoms with Gasteiger partial charge in [-0.3, -0.25) is 10.1 Å². The first kappa shape index (κ1) is 11.2. The minimum atomic E-state index is -0.445. The van der Waals surface area contributed by atoms with Crippen molar-refractivity contribution in [2.75, 3.05) is 5.33 Å². The quantitative estimate of drug-likeness (QED) is 0.480. The Balaban J connectivity index is 3.15. The first-order valence-corrected chi connectivity index (χ1v) is 5.31. The summed E-state index contributed by atoms with van der Waals surface area (Å²) in [5.74, 6) is 0. The van der Waals surface area contributed by atoms with Crippen molar-refractivity contribution in [1.82, 2.24) is 0 Å². The van der Waals surface area contributed by atoms with Gasteiger partial charge in [-0.25, -0.2) is 0 Å². The summed E-state index contributed by atoms with van der Waals surface area (Å²) in [5, 5.41) is 11.7. The van der Waals surface area contributed by atoms with E-state index in [4.69, 9.17) is 11.6 Å². The molecule has 0 atom stereocenters. The lowest BCUT2D eigenvalue weighted by atomic mass is 10.1. The summed E-state index contributed by atoms with van der Waals surface area (Å²) >= 11 is 8.86. The Morgan fingerprint density at radius 1 is 1.57 bits per heavy atom. The van der Waals surface area contributed by atoms with Crippen molar-refractivity contribution in [2.45, 2.75) is 0 Å². The van der Waals surface area contributed by atoms with Crippen LogP contribution < -0.4 is 0 Å². The number of allylic oxidation sites excluding steroid dienone is 1. The Hall–Kier alpha value is -0.870. The van der Waals surface area contributed by atoms with E-state index in [0.717, 1.165) is 0 Å². The fraction of sp³-hybridized carbons (Fsp3) is 0.111. The summed E-state index contributed by atoms with van der Waals surface area (Å²) in [4.78, 5) is 10.2. The van der Waals surface area contributed by atoms with Crippen LogP contribution in [0.15, 0.2) is 24.3 Å². The lowest BCUT2D eigenvalue weighted by Gasteiger charge is -1.97. The second-order valence-corrected chi connectivity index (χ2v) is 3.60. The van der Waals surface area contributed by atoms with Gasteiger partial charge in [0.2, 0.25) is 0 Å². The van der Waals surface area contributed by atoms with Gasteiger partial charge in [0.15, 0.2) is 0 Å². The van der Waals surface area contributed by atoms with Gasteiger partial charge >= 0.3 is 0 Å². The molecule has 0 bridgehead atoms. The molecule has 0 aliphatic heterocycles. The van der Waals surface area contributed by atoms with Crippen molar-refractivity contribution >= 4 is 39.3 Å². The van der Waals surface area contributed by atoms with Crippen LogP contribution in [0.5, 0.6) is 0 Å². The average Bonchev–Trinajstić information content (AvgIpc) is 2.15. The van der Waals surface area contributed by atoms with Gasteiger partial charge in [0, 0.05) is 16.4 Å². The molecule has 0 saturated heterocycles. The number of nitro groups is 1. The molecule has 0 radical (unpaired) electrons. The van der Waals surface area contributed by atoms with Gasteiger partial charge < -0.3 is 0 Å². The SMILES string of the molecule is O=[N+]([O-])c1cc(Cl)ccc1C=CCBr. The van der Waals surface area contributed by atoms with Crippen LogP contribution in [0.2, 0.25) is 5.02 Å². The topological polar surface area (TPSA) is 43.1 Å². The van der Waals surface area contributed by atoms with Gasteiger partial charge in [0.1, 0.15) is 0 Å². The Labute approximate surface area is 94.7 Å². The molecule has 5 heteroatoms. The van der Waals surface area contributed by atoms with E-state index < -0.39 is 4.92 Å². The maximum atomic E-state index is 10.6. The smallest absolute Gasteiger partial charge is 0.258 e. The molecule has 1 rings (SSSR count). The van der Waals surface area contributed by atoms with E-state index in [1.165, 1.54) is 6.07 Å². The first-order valence-electron chi connectivity index (χ1n) is 3.81. The molecule has 0 unspecified atom stereocenters. The molecule has 0 fully saturated rings. The molecule has 3 nitrogen and oxygen atoms in total. The molecule has 74 valence electrons. The molecule has 0 amide bonds. The predicted octanol–water partition coefficient (Wildman–Crippen LogP) is 3.66. The Morgan fingerprint density at radius 3 is 2.86 bits per heavy atom. The predicted molar refractivity (Wildman–Crippen MR) is 60.9 cm³/mol. The van der Waals surface area contributed by atoms with Crippen LogP contribution in [0.25, 0.3) is 6.08 Å². The van der Waals surface area contributed by atoms with Gasteiger partial charge in [-0.15, -0.1) is 0 Å². The minimum absolute atomic E-state index is 0.0229. The number of hydrogen-bond donors (Lipinski definition) is 0. The summed E-state index contributed by atoms with van der Waals surface area (Å²) < 4.78 is 0. The summed E-state index contributed by atoms with van der Waals surface area (Å²) in [5.41, 5.74) is 0.577. The molecule has 1 aromatic carbocycles. The van der Waals surface area contributed by atoms with E-state index in [2.05, 4.69) is 15.9 Å². The standard InChI is InChI=1S/C9H7BrClNO2/c10-5-1-2-7-3-4-8(11)6-9(7)12(13)14/h1-4,6H,5H2. The Kier molecular flexibility index (Phi) is 4.10. The third-order valence-electron chi connectivity index (χ3n) is 1.58. The zero-order valence-corrected chi connectivity index (χ0v) is 9.46. The molecule has 0 aromatic heterocycles. The van der Waals surface area contributed by atoms with Crippen molar-refractivity contribution < 1.29 is 4.92 Å². The van der Waals surface area contributed by atoms with Crippen LogP contribution in [-0.2, 0) is 0 Å². The Morgan fingerprint density at radius 2 is 2.29 bits per heavy atom. The first-order chi connectivity index (χ1) is 6.65. The molecule has 1 aromatic rings. The fourth-order valence-electron chi connectivity index (χ4n) is 0.987. The zero-order chi connectivity index (χ0) is 10.6. The highest BCUT2D eigenvalue weighted by molar-refractivity contribution is 9.09. The highest BCUT2D eigenvalue weighted by Gasteiger charge is 2.11. The van der Waals surface area contributed by atoms with Gasteiger partial charge in [-0.2, -0.15) is 0 Å². The van der Waals surface area contributed by atoms with E-state index in [9.17, 15) is 10.1 Å². The maximum Gasteiger partial charge on any atom is 0.278 e. The summed E-state index contributed by atoms with van der Waals surface area (Å²) in [6, 6.07) is 4.59. The monoisotopic (exact) mass is 275 g/mol. The van der Waals surface area contributed by atoms with Gasteiger partial charge in [0.25, 0.3) is 5.69 Å². The van der Waals surface area contributed by atoms with Crippen molar-refractivity contribution in [3.63, 3.8) is 0 Å². The van der Waals surface area contributed by atoms with E-state index in [1.54, 1.807) is 24.3 Å². The van der Waals surface area contributed by atoms with Crippen LogP contribution in [-0.4, -0.2) is 10.3 Å². The second-order valence-electron chi connectivity index (χ2n) is 2.52. The van der Waals surface area contributed by atoms with Crippen LogP contribution in [0.3, 0.4) is 0 Å². The van der Waals surface area contributed by atoms with Gasteiger partial charge in [-0.1, -0.05) is 39.7 Å². The number of nitrogens with zero attached hydrogens (tertiary/aromatic N) is 1. The molecule has 0 aliphatic carbocycles. The van der Waals surface area contributed by atoms with Gasteiger partial charge in [0.05, 0.1) is 10.5 Å². The molecular weight excluding hydrogens is 269 g/mol. The largest absolute Gasteiger partial charge is 0.278 e. The summed E-state index contributed by atoms with van der Waals surface area (Å²) in [6.45, 7) is 0.